The summed E-state index contributed by atoms with van der Waals surface area (Å²) in [5.41, 5.74) is 3.85. The van der Waals surface area contributed by atoms with Crippen molar-refractivity contribution in [2.45, 2.75) is 48.3 Å². The third-order valence-corrected chi connectivity index (χ3v) is 9.44. The van der Waals surface area contributed by atoms with E-state index in [-0.39, 0.29) is 16.3 Å². The second kappa shape index (κ2) is 10.4. The van der Waals surface area contributed by atoms with Gasteiger partial charge in [-0.05, 0) is 73.9 Å². The molecule has 4 aromatic carbocycles. The fourth-order valence-corrected chi connectivity index (χ4v) is 7.20. The van der Waals surface area contributed by atoms with Gasteiger partial charge in [-0.3, -0.25) is 4.79 Å². The van der Waals surface area contributed by atoms with E-state index in [1.54, 1.807) is 11.3 Å². The Morgan fingerprint density at radius 1 is 0.625 bits per heavy atom. The van der Waals surface area contributed by atoms with Crippen molar-refractivity contribution in [3.63, 3.8) is 0 Å². The van der Waals surface area contributed by atoms with Crippen LogP contribution in [0.5, 0.6) is 0 Å². The first-order chi connectivity index (χ1) is 18.4. The third-order valence-electron chi connectivity index (χ3n) is 6.08. The Kier molecular flexibility index (Phi) is 7.93. The number of hydrogen-bond acceptors (Lipinski definition) is 2. The monoisotopic (exact) mass is 702 g/mol. The van der Waals surface area contributed by atoms with E-state index < -0.39 is 19.5 Å². The average Bonchev–Trinajstić information content (AvgIpc) is 2.85. The molecule has 10 heteroatoms. The van der Waals surface area contributed by atoms with Crippen LogP contribution in [0, 0.1) is 13.8 Å². The van der Waals surface area contributed by atoms with E-state index in [4.69, 9.17) is 0 Å². The van der Waals surface area contributed by atoms with Crippen LogP contribution in [0.15, 0.2) is 104 Å². The van der Waals surface area contributed by atoms with Gasteiger partial charge in [-0.15, -0.1) is 11.3 Å². The van der Waals surface area contributed by atoms with Gasteiger partial charge in [0.25, 0.3) is 0 Å². The maximum atomic E-state index is 13.6. The Bertz CT molecular complexity index is 1690. The summed E-state index contributed by atoms with van der Waals surface area (Å²) in [5, 5.41) is 1.66. The van der Waals surface area contributed by atoms with Gasteiger partial charge >= 0.3 is 36.4 Å². The minimum atomic E-state index is -11.2. The van der Waals surface area contributed by atoms with Crippen LogP contribution in [0.3, 0.4) is 0 Å². The second-order valence-corrected chi connectivity index (χ2v) is 18.5. The fourth-order valence-electron chi connectivity index (χ4n) is 4.10. The molecule has 0 saturated heterocycles. The van der Waals surface area contributed by atoms with E-state index in [1.165, 1.54) is 31.4 Å². The van der Waals surface area contributed by atoms with Gasteiger partial charge in [0.15, 0.2) is 20.1 Å². The van der Waals surface area contributed by atoms with E-state index in [9.17, 15) is 21.7 Å². The maximum absolute atomic E-state index is 13.6. The minimum absolute atomic E-state index is 0.138. The fraction of sp³-hybridized carbons (Fsp3) is 0.167. The van der Waals surface area contributed by atoms with Crippen molar-refractivity contribution in [2.75, 3.05) is 0 Å². The van der Waals surface area contributed by atoms with Crippen molar-refractivity contribution >= 4 is 61.9 Å². The Balaban J connectivity index is 0.000000470. The van der Waals surface area contributed by atoms with Gasteiger partial charge in [0.05, 0.1) is 10.9 Å². The Hall–Kier alpha value is -2.48. The second-order valence-electron chi connectivity index (χ2n) is 9.89. The molecule has 0 saturated carbocycles. The van der Waals surface area contributed by atoms with Gasteiger partial charge < -0.3 is 0 Å². The molecule has 0 fully saturated rings. The van der Waals surface area contributed by atoms with Crippen LogP contribution < -0.4 is 5.43 Å². The average molecular weight is 703 g/mol. The van der Waals surface area contributed by atoms with Crippen LogP contribution in [0.2, 0.25) is 0 Å². The molecular formula is C30H27F6OS2Sb. The normalized spacial score (nSPS) is 13.7. The summed E-state index contributed by atoms with van der Waals surface area (Å²) in [6.45, 7) is 8.57. The molecule has 0 aliphatic rings. The van der Waals surface area contributed by atoms with E-state index in [2.05, 4.69) is 113 Å². The molecule has 5 rings (SSSR count). The number of rotatable bonds is 4. The summed E-state index contributed by atoms with van der Waals surface area (Å²) in [5.74, 6) is 0.398. The molecule has 1 aromatic heterocycles. The molecule has 0 spiro atoms. The zero-order valence-electron chi connectivity index (χ0n) is 22.1. The topological polar surface area (TPSA) is 17.1 Å². The Morgan fingerprint density at radius 2 is 1.02 bits per heavy atom. The first kappa shape index (κ1) is 30.5. The van der Waals surface area contributed by atoms with E-state index >= 15 is 0 Å². The van der Waals surface area contributed by atoms with Crippen molar-refractivity contribution in [1.29, 1.82) is 0 Å². The van der Waals surface area contributed by atoms with Crippen LogP contribution in [-0.4, -0.2) is 19.5 Å². The van der Waals surface area contributed by atoms with Crippen molar-refractivity contribution in [1.82, 2.24) is 0 Å². The number of aryl methyl sites for hydroxylation is 2. The first-order valence-corrected chi connectivity index (χ1v) is 20.1. The summed E-state index contributed by atoms with van der Waals surface area (Å²) in [6, 6.07) is 30.4. The predicted octanol–water partition coefficient (Wildman–Crippen LogP) is 10.4. The first-order valence-electron chi connectivity index (χ1n) is 12.3. The van der Waals surface area contributed by atoms with E-state index in [1.807, 2.05) is 0 Å². The summed E-state index contributed by atoms with van der Waals surface area (Å²) in [7, 11) is -0.275. The Morgan fingerprint density at radius 3 is 1.48 bits per heavy atom. The quantitative estimate of drug-likeness (QED) is 0.0789. The van der Waals surface area contributed by atoms with Gasteiger partial charge in [-0.2, -0.15) is 0 Å². The molecule has 0 bridgehead atoms. The van der Waals surface area contributed by atoms with Crippen LogP contribution in [-0.2, 0) is 10.9 Å². The molecule has 40 heavy (non-hydrogen) atoms. The molecule has 0 radical (unpaired) electrons. The standard InChI is InChI=1S/C30H27OS2.6FH.Sb/c1-19(2)22-9-15-28-26(17-22)30(31)27-18-25(14-16-29(27)32-28)33(23-10-5-20(3)6-11-23)24-12-7-21(4)8-13-24;;;;;;;/h5-19H,1-4H3;6*1H;/q+1;;;;;;;+5/p-6. The van der Waals surface area contributed by atoms with Gasteiger partial charge in [0, 0.05) is 26.2 Å². The number of hydrogen-bond donors (Lipinski definition) is 0. The van der Waals surface area contributed by atoms with Gasteiger partial charge in [-0.25, -0.2) is 0 Å². The van der Waals surface area contributed by atoms with Crippen LogP contribution in [0.25, 0.3) is 20.2 Å². The molecule has 0 N–H and O–H groups in total. The van der Waals surface area contributed by atoms with Crippen LogP contribution >= 0.6 is 11.3 Å². The zero-order chi connectivity index (χ0) is 29.5. The van der Waals surface area contributed by atoms with E-state index in [0.29, 0.717) is 5.92 Å². The van der Waals surface area contributed by atoms with Crippen molar-refractivity contribution in [2.24, 2.45) is 0 Å². The molecule has 0 amide bonds. The van der Waals surface area contributed by atoms with Crippen molar-refractivity contribution in [3.8, 4) is 0 Å². The molecular weight excluding hydrogens is 676 g/mol. The zero-order valence-corrected chi connectivity index (χ0v) is 26.3. The van der Waals surface area contributed by atoms with Gasteiger partial charge in [-0.1, -0.05) is 55.3 Å². The van der Waals surface area contributed by atoms with Crippen LogP contribution in [0.1, 0.15) is 36.5 Å². The predicted molar refractivity (Wildman–Crippen MR) is 157 cm³/mol. The number of halogens is 6. The van der Waals surface area contributed by atoms with Crippen molar-refractivity contribution < 1.29 is 16.9 Å². The molecule has 1 nitrogen and oxygen atoms in total. The van der Waals surface area contributed by atoms with Crippen LogP contribution in [0.4, 0.5) is 16.9 Å². The van der Waals surface area contributed by atoms with Gasteiger partial charge in [0.1, 0.15) is 0 Å². The summed E-state index contributed by atoms with van der Waals surface area (Å²) in [4.78, 5) is 17.3. The Labute approximate surface area is 237 Å². The van der Waals surface area contributed by atoms with Gasteiger partial charge in [0.2, 0.25) is 0 Å². The molecule has 5 aromatic rings. The third kappa shape index (κ3) is 8.27. The molecule has 0 atom stereocenters. The molecule has 1 heterocycles. The number of benzene rings is 4. The van der Waals surface area contributed by atoms with E-state index in [0.717, 1.165) is 20.2 Å². The summed E-state index contributed by atoms with van der Waals surface area (Å²) >= 11 is -9.55. The van der Waals surface area contributed by atoms with Crippen molar-refractivity contribution in [3.05, 3.63) is 112 Å². The summed E-state index contributed by atoms with van der Waals surface area (Å²) in [6.07, 6.45) is 0. The number of fused-ring (bicyclic) bond motifs is 2. The molecule has 0 unspecified atom stereocenters. The molecule has 0 aliphatic carbocycles. The molecule has 212 valence electrons. The SMILES string of the molecule is Cc1ccc([S+](c2ccc(C)cc2)c2ccc3sc4ccc(C(C)C)cc4c(=O)c3c2)cc1.[F][Sb-]([F])([F])([F])([F])[F]. The summed E-state index contributed by atoms with van der Waals surface area (Å²) < 4.78 is 61.7. The molecule has 0 aliphatic heterocycles.